The second kappa shape index (κ2) is 6.44. The van der Waals surface area contributed by atoms with Crippen LogP contribution in [0.3, 0.4) is 0 Å². The summed E-state index contributed by atoms with van der Waals surface area (Å²) in [6.45, 7) is 0. The third-order valence-corrected chi connectivity index (χ3v) is 3.77. The summed E-state index contributed by atoms with van der Waals surface area (Å²) in [7, 11) is 1.43. The van der Waals surface area contributed by atoms with Crippen LogP contribution < -0.4 is 0 Å². The number of methoxy groups -OCH3 is 1. The molecule has 18 heavy (non-hydrogen) atoms. The zero-order valence-electron chi connectivity index (χ0n) is 10.3. The van der Waals surface area contributed by atoms with Gasteiger partial charge in [-0.3, -0.25) is 9.20 Å². The fourth-order valence-corrected chi connectivity index (χ4v) is 2.72. The number of hydrogen-bond donors (Lipinski definition) is 0. The molecule has 0 aromatic carbocycles. The first-order valence-corrected chi connectivity index (χ1v) is 6.91. The highest BCUT2D eigenvalue weighted by Gasteiger charge is 2.02. The molecule has 4 nitrogen and oxygen atoms in total. The van der Waals surface area contributed by atoms with Crippen molar-refractivity contribution >= 4 is 23.4 Å². The van der Waals surface area contributed by atoms with Crippen molar-refractivity contribution in [3.05, 3.63) is 30.6 Å². The number of ether oxygens (including phenoxy) is 1. The van der Waals surface area contributed by atoms with Crippen molar-refractivity contribution in [3.8, 4) is 0 Å². The minimum absolute atomic E-state index is 0.128. The van der Waals surface area contributed by atoms with Crippen LogP contribution in [-0.2, 0) is 9.53 Å². The lowest BCUT2D eigenvalue weighted by atomic mass is 10.2. The zero-order chi connectivity index (χ0) is 12.8. The van der Waals surface area contributed by atoms with Gasteiger partial charge in [-0.25, -0.2) is 4.98 Å². The van der Waals surface area contributed by atoms with Gasteiger partial charge in [-0.05, 0) is 30.7 Å². The first-order chi connectivity index (χ1) is 8.81. The Morgan fingerprint density at radius 1 is 1.44 bits per heavy atom. The molecule has 0 bridgehead atoms. The molecule has 0 saturated heterocycles. The second-order valence-corrected chi connectivity index (χ2v) is 5.02. The number of esters is 1. The third kappa shape index (κ3) is 3.26. The van der Waals surface area contributed by atoms with Gasteiger partial charge in [-0.15, -0.1) is 11.8 Å². The molecule has 0 N–H and O–H groups in total. The summed E-state index contributed by atoms with van der Waals surface area (Å²) in [6.07, 6.45) is 6.15. The first kappa shape index (κ1) is 13.0. The highest BCUT2D eigenvalue weighted by Crippen LogP contribution is 2.20. The SMILES string of the molecule is COC(=O)CCCCSc1cccc2nccn12. The third-order valence-electron chi connectivity index (χ3n) is 2.64. The van der Waals surface area contributed by atoms with Crippen molar-refractivity contribution in [2.45, 2.75) is 24.3 Å². The number of carbonyl (C=O) groups excluding carboxylic acids is 1. The van der Waals surface area contributed by atoms with Gasteiger partial charge in [0, 0.05) is 18.8 Å². The van der Waals surface area contributed by atoms with Crippen molar-refractivity contribution in [3.63, 3.8) is 0 Å². The maximum atomic E-state index is 10.9. The predicted molar refractivity (Wildman–Crippen MR) is 71.8 cm³/mol. The highest BCUT2D eigenvalue weighted by molar-refractivity contribution is 7.99. The number of carbonyl (C=O) groups is 1. The van der Waals surface area contributed by atoms with Crippen molar-refractivity contribution in [2.75, 3.05) is 12.9 Å². The summed E-state index contributed by atoms with van der Waals surface area (Å²) < 4.78 is 6.68. The molecule has 2 rings (SSSR count). The highest BCUT2D eigenvalue weighted by atomic mass is 32.2. The molecule has 0 aliphatic heterocycles. The number of hydrogen-bond acceptors (Lipinski definition) is 4. The van der Waals surface area contributed by atoms with Crippen molar-refractivity contribution < 1.29 is 9.53 Å². The molecule has 0 unspecified atom stereocenters. The molecule has 2 aromatic heterocycles. The Labute approximate surface area is 110 Å². The lowest BCUT2D eigenvalue weighted by Gasteiger charge is -2.04. The van der Waals surface area contributed by atoms with E-state index in [0.717, 1.165) is 24.2 Å². The standard InChI is InChI=1S/C13H16N2O2S/c1-17-13(16)7-2-3-10-18-12-6-4-5-11-14-8-9-15(11)12/h4-6,8-9H,2-3,7,10H2,1H3. The number of nitrogens with zero attached hydrogens (tertiary/aromatic N) is 2. The van der Waals surface area contributed by atoms with Gasteiger partial charge in [0.1, 0.15) is 5.65 Å². The number of pyridine rings is 1. The Bertz CT molecular complexity index is 524. The van der Waals surface area contributed by atoms with Crippen LogP contribution in [0.25, 0.3) is 5.65 Å². The minimum Gasteiger partial charge on any atom is -0.469 e. The number of imidazole rings is 1. The quantitative estimate of drug-likeness (QED) is 0.457. The van der Waals surface area contributed by atoms with Crippen LogP contribution in [0.1, 0.15) is 19.3 Å². The molecular weight excluding hydrogens is 248 g/mol. The molecule has 0 fully saturated rings. The Morgan fingerprint density at radius 2 is 2.33 bits per heavy atom. The summed E-state index contributed by atoms with van der Waals surface area (Å²) >= 11 is 1.78. The van der Waals surface area contributed by atoms with E-state index >= 15 is 0 Å². The smallest absolute Gasteiger partial charge is 0.305 e. The van der Waals surface area contributed by atoms with Crippen LogP contribution in [0.15, 0.2) is 35.6 Å². The minimum atomic E-state index is -0.128. The molecular formula is C13H16N2O2S. The average molecular weight is 264 g/mol. The van der Waals surface area contributed by atoms with E-state index in [-0.39, 0.29) is 5.97 Å². The van der Waals surface area contributed by atoms with Gasteiger partial charge in [0.05, 0.1) is 12.1 Å². The Morgan fingerprint density at radius 3 is 3.17 bits per heavy atom. The summed E-state index contributed by atoms with van der Waals surface area (Å²) in [4.78, 5) is 15.2. The molecule has 0 amide bonds. The van der Waals surface area contributed by atoms with Crippen LogP contribution in [0, 0.1) is 0 Å². The zero-order valence-corrected chi connectivity index (χ0v) is 11.2. The number of aromatic nitrogens is 2. The maximum Gasteiger partial charge on any atom is 0.305 e. The van der Waals surface area contributed by atoms with Crippen molar-refractivity contribution in [2.24, 2.45) is 0 Å². The molecule has 2 heterocycles. The first-order valence-electron chi connectivity index (χ1n) is 5.93. The molecule has 0 radical (unpaired) electrons. The number of unbranched alkanes of at least 4 members (excludes halogenated alkanes) is 1. The van der Waals surface area contributed by atoms with Gasteiger partial charge in [0.2, 0.25) is 0 Å². The van der Waals surface area contributed by atoms with Gasteiger partial charge in [0.15, 0.2) is 0 Å². The lowest BCUT2D eigenvalue weighted by molar-refractivity contribution is -0.140. The number of rotatable bonds is 6. The Kier molecular flexibility index (Phi) is 4.64. The van der Waals surface area contributed by atoms with Gasteiger partial charge in [-0.1, -0.05) is 6.07 Å². The largest absolute Gasteiger partial charge is 0.469 e. The number of thioether (sulfide) groups is 1. The van der Waals surface area contributed by atoms with Gasteiger partial charge >= 0.3 is 5.97 Å². The molecule has 0 aliphatic rings. The molecule has 5 heteroatoms. The van der Waals surface area contributed by atoms with Gasteiger partial charge < -0.3 is 4.74 Å². The maximum absolute atomic E-state index is 10.9. The van der Waals surface area contributed by atoms with Crippen molar-refractivity contribution in [1.82, 2.24) is 9.38 Å². The Balaban J connectivity index is 1.80. The predicted octanol–water partition coefficient (Wildman–Crippen LogP) is 2.77. The molecule has 96 valence electrons. The van der Waals surface area contributed by atoms with Crippen LogP contribution in [0.5, 0.6) is 0 Å². The van der Waals surface area contributed by atoms with Crippen LogP contribution in [0.4, 0.5) is 0 Å². The van der Waals surface area contributed by atoms with E-state index < -0.39 is 0 Å². The molecule has 2 aromatic rings. The fourth-order valence-electron chi connectivity index (χ4n) is 1.69. The lowest BCUT2D eigenvalue weighted by Crippen LogP contribution is -1.99. The topological polar surface area (TPSA) is 43.6 Å². The van der Waals surface area contributed by atoms with Crippen LogP contribution in [0.2, 0.25) is 0 Å². The Hall–Kier alpha value is -1.49. The van der Waals surface area contributed by atoms with E-state index in [2.05, 4.69) is 20.2 Å². The summed E-state index contributed by atoms with van der Waals surface area (Å²) in [5.74, 6) is 0.866. The summed E-state index contributed by atoms with van der Waals surface area (Å²) in [5.41, 5.74) is 0.967. The van der Waals surface area contributed by atoms with Gasteiger partial charge in [-0.2, -0.15) is 0 Å². The molecule has 0 saturated carbocycles. The van der Waals surface area contributed by atoms with E-state index in [1.54, 1.807) is 18.0 Å². The second-order valence-electron chi connectivity index (χ2n) is 3.90. The average Bonchev–Trinajstić information content (AvgIpc) is 2.87. The molecule has 0 atom stereocenters. The van der Waals surface area contributed by atoms with E-state index in [0.29, 0.717) is 6.42 Å². The summed E-state index contributed by atoms with van der Waals surface area (Å²) in [6, 6.07) is 6.08. The van der Waals surface area contributed by atoms with Crippen LogP contribution in [-0.4, -0.2) is 28.2 Å². The van der Waals surface area contributed by atoms with E-state index in [9.17, 15) is 4.79 Å². The van der Waals surface area contributed by atoms with Crippen molar-refractivity contribution in [1.29, 1.82) is 0 Å². The van der Waals surface area contributed by atoms with E-state index in [1.807, 2.05) is 18.3 Å². The summed E-state index contributed by atoms with van der Waals surface area (Å²) in [5, 5.41) is 1.18. The van der Waals surface area contributed by atoms with Crippen LogP contribution >= 0.6 is 11.8 Å². The molecule has 0 spiro atoms. The monoisotopic (exact) mass is 264 g/mol. The fraction of sp³-hybridized carbons (Fsp3) is 0.385. The van der Waals surface area contributed by atoms with E-state index in [4.69, 9.17) is 0 Å². The van der Waals surface area contributed by atoms with E-state index in [1.165, 1.54) is 12.1 Å². The number of fused-ring (bicyclic) bond motifs is 1. The molecule has 0 aliphatic carbocycles. The van der Waals surface area contributed by atoms with Gasteiger partial charge in [0.25, 0.3) is 0 Å². The normalized spacial score (nSPS) is 10.7.